The lowest BCUT2D eigenvalue weighted by molar-refractivity contribution is 0.126. The summed E-state index contributed by atoms with van der Waals surface area (Å²) in [4.78, 5) is 14.2. The van der Waals surface area contributed by atoms with Gasteiger partial charge in [0.05, 0.1) is 22.0 Å². The molecule has 164 valence electrons. The minimum absolute atomic E-state index is 0.185. The number of hydrogen-bond acceptors (Lipinski definition) is 7. The molecule has 32 heavy (non-hydrogen) atoms. The first-order chi connectivity index (χ1) is 15.6. The van der Waals surface area contributed by atoms with E-state index in [9.17, 15) is 5.11 Å². The van der Waals surface area contributed by atoms with E-state index >= 15 is 0 Å². The minimum atomic E-state index is -0.185. The molecule has 0 unspecified atom stereocenters. The number of halogens is 1. The lowest BCUT2D eigenvalue weighted by Gasteiger charge is -2.26. The van der Waals surface area contributed by atoms with Gasteiger partial charge in [0.15, 0.2) is 5.13 Å². The maximum atomic E-state index is 9.81. The molecule has 2 heterocycles. The number of nitrogens with zero attached hydrogens (tertiary/aromatic N) is 3. The highest BCUT2D eigenvalue weighted by atomic mass is 79.9. The number of hydrogen-bond donors (Lipinski definition) is 3. The molecule has 1 aliphatic carbocycles. The van der Waals surface area contributed by atoms with Gasteiger partial charge in [0.2, 0.25) is 5.95 Å². The zero-order valence-electron chi connectivity index (χ0n) is 17.5. The quantitative estimate of drug-likeness (QED) is 0.300. The Balaban J connectivity index is 1.42. The third kappa shape index (κ3) is 5.26. The van der Waals surface area contributed by atoms with E-state index in [-0.39, 0.29) is 12.1 Å². The van der Waals surface area contributed by atoms with Gasteiger partial charge in [-0.05, 0) is 49.4 Å². The SMILES string of the molecule is OC1CCC(Nc2nc(Cc3ccccc3)cc(Nc3nc4ccc(Br)cc4s3)n2)CC1. The van der Waals surface area contributed by atoms with Gasteiger partial charge in [0, 0.05) is 23.0 Å². The highest BCUT2D eigenvalue weighted by Gasteiger charge is 2.20. The molecule has 1 saturated carbocycles. The summed E-state index contributed by atoms with van der Waals surface area (Å²) < 4.78 is 2.15. The molecule has 1 fully saturated rings. The summed E-state index contributed by atoms with van der Waals surface area (Å²) in [6, 6.07) is 18.7. The predicted molar refractivity (Wildman–Crippen MR) is 134 cm³/mol. The van der Waals surface area contributed by atoms with Crippen molar-refractivity contribution in [3.63, 3.8) is 0 Å². The van der Waals surface area contributed by atoms with Crippen molar-refractivity contribution in [1.29, 1.82) is 0 Å². The number of fused-ring (bicyclic) bond motifs is 1. The molecule has 0 aliphatic heterocycles. The van der Waals surface area contributed by atoms with Crippen molar-refractivity contribution >= 4 is 54.4 Å². The van der Waals surface area contributed by atoms with Gasteiger partial charge in [-0.15, -0.1) is 0 Å². The van der Waals surface area contributed by atoms with E-state index in [2.05, 4.69) is 44.8 Å². The molecule has 0 bridgehead atoms. The van der Waals surface area contributed by atoms with Crippen LogP contribution in [0.2, 0.25) is 0 Å². The highest BCUT2D eigenvalue weighted by Crippen LogP contribution is 2.30. The molecule has 2 aromatic carbocycles. The smallest absolute Gasteiger partial charge is 0.225 e. The lowest BCUT2D eigenvalue weighted by atomic mass is 9.93. The first-order valence-corrected chi connectivity index (χ1v) is 12.4. The Morgan fingerprint density at radius 2 is 1.78 bits per heavy atom. The van der Waals surface area contributed by atoms with E-state index in [1.54, 1.807) is 11.3 Å². The molecule has 0 atom stereocenters. The fraction of sp³-hybridized carbons (Fsp3) is 0.292. The van der Waals surface area contributed by atoms with Crippen LogP contribution in [0.3, 0.4) is 0 Å². The summed E-state index contributed by atoms with van der Waals surface area (Å²) in [5.41, 5.74) is 3.10. The number of aliphatic hydroxyl groups is 1. The zero-order valence-corrected chi connectivity index (χ0v) is 19.9. The van der Waals surface area contributed by atoms with Crippen LogP contribution in [-0.4, -0.2) is 32.2 Å². The molecule has 0 spiro atoms. The maximum absolute atomic E-state index is 9.81. The van der Waals surface area contributed by atoms with Crippen molar-refractivity contribution in [2.24, 2.45) is 0 Å². The van der Waals surface area contributed by atoms with Crippen molar-refractivity contribution in [2.75, 3.05) is 10.6 Å². The second-order valence-electron chi connectivity index (χ2n) is 8.14. The average molecular weight is 510 g/mol. The van der Waals surface area contributed by atoms with E-state index in [0.717, 1.165) is 63.4 Å². The predicted octanol–water partition coefficient (Wildman–Crippen LogP) is 5.90. The molecule has 0 amide bonds. The van der Waals surface area contributed by atoms with Gasteiger partial charge in [0.1, 0.15) is 5.82 Å². The van der Waals surface area contributed by atoms with Crippen molar-refractivity contribution in [3.8, 4) is 0 Å². The van der Waals surface area contributed by atoms with Crippen LogP contribution in [0.4, 0.5) is 16.9 Å². The molecule has 0 radical (unpaired) electrons. The van der Waals surface area contributed by atoms with Crippen molar-refractivity contribution in [2.45, 2.75) is 44.2 Å². The fourth-order valence-electron chi connectivity index (χ4n) is 3.99. The Kier molecular flexibility index (Phi) is 6.34. The van der Waals surface area contributed by atoms with E-state index < -0.39 is 0 Å². The summed E-state index contributed by atoms with van der Waals surface area (Å²) in [6.45, 7) is 0. The van der Waals surface area contributed by atoms with Crippen LogP contribution in [-0.2, 0) is 6.42 Å². The molecule has 5 rings (SSSR count). The van der Waals surface area contributed by atoms with Gasteiger partial charge >= 0.3 is 0 Å². The fourth-order valence-corrected chi connectivity index (χ4v) is 5.41. The lowest BCUT2D eigenvalue weighted by Crippen LogP contribution is -2.29. The second kappa shape index (κ2) is 9.52. The number of rotatable bonds is 6. The molecular formula is C24H24BrN5OS. The third-order valence-electron chi connectivity index (χ3n) is 5.62. The number of benzene rings is 2. The van der Waals surface area contributed by atoms with Gasteiger partial charge in [-0.3, -0.25) is 0 Å². The largest absolute Gasteiger partial charge is 0.393 e. The second-order valence-corrected chi connectivity index (χ2v) is 10.1. The summed E-state index contributed by atoms with van der Waals surface area (Å²) in [5.74, 6) is 1.34. The third-order valence-corrected chi connectivity index (χ3v) is 7.05. The Morgan fingerprint density at radius 3 is 2.59 bits per heavy atom. The van der Waals surface area contributed by atoms with Gasteiger partial charge in [-0.25, -0.2) is 9.97 Å². The Morgan fingerprint density at radius 1 is 0.969 bits per heavy atom. The average Bonchev–Trinajstić information content (AvgIpc) is 3.17. The van der Waals surface area contributed by atoms with Crippen LogP contribution in [0.15, 0.2) is 59.1 Å². The van der Waals surface area contributed by atoms with Crippen LogP contribution in [0.5, 0.6) is 0 Å². The number of anilines is 3. The maximum Gasteiger partial charge on any atom is 0.225 e. The topological polar surface area (TPSA) is 83.0 Å². The first-order valence-electron chi connectivity index (χ1n) is 10.8. The number of aliphatic hydroxyl groups excluding tert-OH is 1. The van der Waals surface area contributed by atoms with Crippen LogP contribution in [0.25, 0.3) is 10.2 Å². The highest BCUT2D eigenvalue weighted by molar-refractivity contribution is 9.10. The van der Waals surface area contributed by atoms with E-state index in [1.807, 2.05) is 36.4 Å². The van der Waals surface area contributed by atoms with Crippen molar-refractivity contribution in [1.82, 2.24) is 15.0 Å². The Bertz CT molecular complexity index is 1210. The summed E-state index contributed by atoms with van der Waals surface area (Å²) >= 11 is 5.12. The molecule has 2 aromatic heterocycles. The standard InChI is InChI=1S/C24H24BrN5OS/c25-16-6-11-20-21(13-16)32-24(28-20)30-22-14-18(12-15-4-2-1-3-5-15)27-23(29-22)26-17-7-9-19(31)10-8-17/h1-6,11,13-14,17,19,31H,7-10,12H2,(H2,26,27,28,29,30). The van der Waals surface area contributed by atoms with Gasteiger partial charge in [0.25, 0.3) is 0 Å². The Hall–Kier alpha value is -2.55. The number of thiazole rings is 1. The minimum Gasteiger partial charge on any atom is -0.393 e. The van der Waals surface area contributed by atoms with Crippen molar-refractivity contribution in [3.05, 3.63) is 70.3 Å². The first kappa shape index (κ1) is 21.3. The van der Waals surface area contributed by atoms with Gasteiger partial charge in [-0.1, -0.05) is 57.6 Å². The molecule has 8 heteroatoms. The van der Waals surface area contributed by atoms with Crippen LogP contribution >= 0.6 is 27.3 Å². The summed E-state index contributed by atoms with van der Waals surface area (Å²) in [5, 5.41) is 17.5. The van der Waals surface area contributed by atoms with Crippen LogP contribution in [0, 0.1) is 0 Å². The van der Waals surface area contributed by atoms with Crippen LogP contribution in [0.1, 0.15) is 36.9 Å². The normalized spacial score (nSPS) is 18.6. The summed E-state index contributed by atoms with van der Waals surface area (Å²) in [7, 11) is 0. The van der Waals surface area contributed by atoms with E-state index in [0.29, 0.717) is 5.95 Å². The van der Waals surface area contributed by atoms with Gasteiger partial charge < -0.3 is 15.7 Å². The van der Waals surface area contributed by atoms with E-state index in [1.165, 1.54) is 5.56 Å². The van der Waals surface area contributed by atoms with Gasteiger partial charge in [-0.2, -0.15) is 4.98 Å². The monoisotopic (exact) mass is 509 g/mol. The Labute approximate surface area is 199 Å². The van der Waals surface area contributed by atoms with Crippen molar-refractivity contribution < 1.29 is 5.11 Å². The molecule has 4 aromatic rings. The van der Waals surface area contributed by atoms with E-state index in [4.69, 9.17) is 15.0 Å². The molecular weight excluding hydrogens is 486 g/mol. The van der Waals surface area contributed by atoms with Crippen LogP contribution < -0.4 is 10.6 Å². The molecule has 0 saturated heterocycles. The molecule has 6 nitrogen and oxygen atoms in total. The summed E-state index contributed by atoms with van der Waals surface area (Å²) in [6.07, 6.45) is 4.01. The molecule has 3 N–H and O–H groups in total. The number of aromatic nitrogens is 3. The molecule has 1 aliphatic rings. The zero-order chi connectivity index (χ0) is 21.9. The number of nitrogens with one attached hydrogen (secondary N) is 2.